The Bertz CT molecular complexity index is 476. The largest absolute Gasteiger partial charge is 0.465 e. The van der Waals surface area contributed by atoms with Gasteiger partial charge in [0.2, 0.25) is 0 Å². The minimum absolute atomic E-state index is 0.505. The third kappa shape index (κ3) is 3.61. The van der Waals surface area contributed by atoms with Crippen LogP contribution in [0.1, 0.15) is 44.1 Å². The predicted molar refractivity (Wildman–Crippen MR) is 86.4 cm³/mol. The van der Waals surface area contributed by atoms with E-state index < -0.39 is 6.09 Å². The van der Waals surface area contributed by atoms with Gasteiger partial charge in [-0.2, -0.15) is 0 Å². The molecule has 4 nitrogen and oxygen atoms in total. The topological polar surface area (TPSA) is 75.4 Å². The van der Waals surface area contributed by atoms with Gasteiger partial charge in [0.15, 0.2) is 0 Å². The van der Waals surface area contributed by atoms with Crippen LogP contribution < -0.4 is 11.1 Å². The van der Waals surface area contributed by atoms with Gasteiger partial charge in [0.1, 0.15) is 0 Å². The first-order chi connectivity index (χ1) is 10.5. The molecule has 0 spiro atoms. The lowest BCUT2D eigenvalue weighted by Gasteiger charge is -2.57. The molecule has 0 saturated heterocycles. The highest BCUT2D eigenvalue weighted by Crippen LogP contribution is 2.55. The number of rotatable bonds is 3. The molecule has 0 aromatic heterocycles. The van der Waals surface area contributed by atoms with E-state index in [1.165, 1.54) is 44.1 Å². The van der Waals surface area contributed by atoms with Gasteiger partial charge in [-0.1, -0.05) is 30.3 Å². The molecule has 22 heavy (non-hydrogen) atoms. The molecular weight excluding hydrogens is 276 g/mol. The Labute approximate surface area is 132 Å². The number of benzene rings is 1. The van der Waals surface area contributed by atoms with E-state index in [-0.39, 0.29) is 0 Å². The molecule has 0 heterocycles. The van der Waals surface area contributed by atoms with Crippen LogP contribution in [0, 0.1) is 17.8 Å². The van der Waals surface area contributed by atoms with Gasteiger partial charge in [-0.3, -0.25) is 0 Å². The van der Waals surface area contributed by atoms with Crippen LogP contribution in [-0.4, -0.2) is 16.7 Å². The summed E-state index contributed by atoms with van der Waals surface area (Å²) < 4.78 is 0. The van der Waals surface area contributed by atoms with Crippen LogP contribution in [0.15, 0.2) is 30.3 Å². The molecule has 0 unspecified atom stereocenters. The highest BCUT2D eigenvalue weighted by molar-refractivity contribution is 5.61. The Morgan fingerprint density at radius 1 is 1.09 bits per heavy atom. The van der Waals surface area contributed by atoms with Gasteiger partial charge in [0, 0.05) is 12.1 Å². The summed E-state index contributed by atoms with van der Waals surface area (Å²) in [6.45, 7) is 1.06. The molecule has 120 valence electrons. The van der Waals surface area contributed by atoms with Gasteiger partial charge in [-0.05, 0) is 61.8 Å². The second-order valence-electron chi connectivity index (χ2n) is 7.38. The van der Waals surface area contributed by atoms with Crippen LogP contribution in [0.5, 0.6) is 0 Å². The number of hydrogen-bond acceptors (Lipinski definition) is 2. The minimum atomic E-state index is -1.33. The Morgan fingerprint density at radius 2 is 1.55 bits per heavy atom. The first kappa shape index (κ1) is 15.3. The summed E-state index contributed by atoms with van der Waals surface area (Å²) in [5.74, 6) is 3.12. The molecule has 0 aliphatic heterocycles. The molecule has 5 rings (SSSR count). The highest BCUT2D eigenvalue weighted by atomic mass is 16.4. The number of amides is 1. The molecule has 4 saturated carbocycles. The van der Waals surface area contributed by atoms with Gasteiger partial charge in [0.05, 0.1) is 0 Å². The van der Waals surface area contributed by atoms with Crippen molar-refractivity contribution in [2.75, 3.05) is 0 Å². The van der Waals surface area contributed by atoms with E-state index >= 15 is 0 Å². The first-order valence-electron chi connectivity index (χ1n) is 8.32. The number of carboxylic acid groups (broad SMARTS) is 1. The van der Waals surface area contributed by atoms with E-state index in [9.17, 15) is 0 Å². The molecule has 4 fully saturated rings. The molecule has 4 heteroatoms. The molecule has 4 N–H and O–H groups in total. The molecule has 4 aliphatic carbocycles. The Kier molecular flexibility index (Phi) is 4.39. The van der Waals surface area contributed by atoms with Crippen LogP contribution in [-0.2, 0) is 6.54 Å². The van der Waals surface area contributed by atoms with Crippen molar-refractivity contribution in [1.29, 1.82) is 0 Å². The number of nitrogens with two attached hydrogens (primary N) is 1. The molecule has 0 radical (unpaired) electrons. The number of nitrogens with one attached hydrogen (secondary N) is 1. The third-order valence-electron chi connectivity index (χ3n) is 5.55. The van der Waals surface area contributed by atoms with Crippen LogP contribution in [0.2, 0.25) is 0 Å². The van der Waals surface area contributed by atoms with Crippen LogP contribution in [0.25, 0.3) is 0 Å². The van der Waals surface area contributed by atoms with Gasteiger partial charge in [0.25, 0.3) is 0 Å². The summed E-state index contributed by atoms with van der Waals surface area (Å²) in [7, 11) is 0. The monoisotopic (exact) mass is 302 g/mol. The first-order valence-corrected chi connectivity index (χ1v) is 8.32. The zero-order valence-corrected chi connectivity index (χ0v) is 13.0. The minimum Gasteiger partial charge on any atom is -0.465 e. The van der Waals surface area contributed by atoms with E-state index in [4.69, 9.17) is 9.90 Å². The maximum atomic E-state index is 8.78. The third-order valence-corrected chi connectivity index (χ3v) is 5.55. The Balaban J connectivity index is 0.000000325. The van der Waals surface area contributed by atoms with Crippen LogP contribution in [0.3, 0.4) is 0 Å². The summed E-state index contributed by atoms with van der Waals surface area (Å²) in [4.78, 5) is 8.78. The molecule has 0 atom stereocenters. The quantitative estimate of drug-likeness (QED) is 0.801. The Morgan fingerprint density at radius 3 is 2.00 bits per heavy atom. The second-order valence-corrected chi connectivity index (χ2v) is 7.38. The van der Waals surface area contributed by atoms with Crippen molar-refractivity contribution in [2.24, 2.45) is 23.5 Å². The molecule has 4 bridgehead atoms. The molecule has 1 amide bonds. The van der Waals surface area contributed by atoms with E-state index in [0.29, 0.717) is 5.54 Å². The summed E-state index contributed by atoms with van der Waals surface area (Å²) in [5.41, 5.74) is 5.97. The molecule has 4 aliphatic rings. The van der Waals surface area contributed by atoms with Crippen molar-refractivity contribution in [1.82, 2.24) is 5.32 Å². The highest BCUT2D eigenvalue weighted by Gasteiger charge is 2.50. The average molecular weight is 302 g/mol. The SMILES string of the molecule is NC(=O)O.c1ccc(CNC23CC4CC(CC(C4)C2)C3)cc1. The molecular formula is C18H26N2O2. The van der Waals surface area contributed by atoms with E-state index in [1.807, 2.05) is 0 Å². The van der Waals surface area contributed by atoms with E-state index in [1.54, 1.807) is 0 Å². The van der Waals surface area contributed by atoms with Crippen molar-refractivity contribution in [2.45, 2.75) is 50.6 Å². The van der Waals surface area contributed by atoms with Crippen molar-refractivity contribution in [3.8, 4) is 0 Å². The van der Waals surface area contributed by atoms with Gasteiger partial charge < -0.3 is 16.2 Å². The summed E-state index contributed by atoms with van der Waals surface area (Å²) in [6, 6.07) is 10.9. The summed E-state index contributed by atoms with van der Waals surface area (Å²) in [6.07, 6.45) is 7.62. The van der Waals surface area contributed by atoms with Crippen LogP contribution in [0.4, 0.5) is 4.79 Å². The van der Waals surface area contributed by atoms with Crippen molar-refractivity contribution < 1.29 is 9.90 Å². The zero-order chi connectivity index (χ0) is 15.6. The van der Waals surface area contributed by atoms with Crippen LogP contribution >= 0.6 is 0 Å². The molecule has 1 aromatic rings. The fourth-order valence-electron chi connectivity index (χ4n) is 5.21. The molecule has 1 aromatic carbocycles. The lowest BCUT2D eigenvalue weighted by Crippen LogP contribution is -2.58. The van der Waals surface area contributed by atoms with Crippen molar-refractivity contribution in [3.63, 3.8) is 0 Å². The van der Waals surface area contributed by atoms with Gasteiger partial charge in [-0.15, -0.1) is 0 Å². The lowest BCUT2D eigenvalue weighted by atomic mass is 9.53. The fraction of sp³-hybridized carbons (Fsp3) is 0.611. The van der Waals surface area contributed by atoms with Gasteiger partial charge >= 0.3 is 6.09 Å². The zero-order valence-electron chi connectivity index (χ0n) is 13.0. The number of primary amides is 1. The van der Waals surface area contributed by atoms with Gasteiger partial charge in [-0.25, -0.2) is 4.79 Å². The Hall–Kier alpha value is -1.55. The maximum Gasteiger partial charge on any atom is 0.402 e. The van der Waals surface area contributed by atoms with Crippen molar-refractivity contribution >= 4 is 6.09 Å². The summed E-state index contributed by atoms with van der Waals surface area (Å²) in [5, 5.41) is 11.1. The number of carbonyl (C=O) groups is 1. The average Bonchev–Trinajstić information content (AvgIpc) is 2.44. The van der Waals surface area contributed by atoms with E-state index in [2.05, 4.69) is 41.4 Å². The van der Waals surface area contributed by atoms with Crippen molar-refractivity contribution in [3.05, 3.63) is 35.9 Å². The number of hydrogen-bond donors (Lipinski definition) is 3. The predicted octanol–water partition coefficient (Wildman–Crippen LogP) is 3.37. The lowest BCUT2D eigenvalue weighted by molar-refractivity contribution is -0.0206. The standard InChI is InChI=1S/C17H23N.CH3NO2/c1-2-4-13(5-3-1)12-18-17-9-14-6-15(10-17)8-16(7-14)11-17;2-1(3)4/h1-5,14-16,18H,6-12H2;2H2,(H,3,4). The normalized spacial score (nSPS) is 34.8. The second kappa shape index (κ2) is 6.29. The van der Waals surface area contributed by atoms with E-state index in [0.717, 1.165) is 24.3 Å². The fourth-order valence-corrected chi connectivity index (χ4v) is 5.21. The maximum absolute atomic E-state index is 8.78. The summed E-state index contributed by atoms with van der Waals surface area (Å²) >= 11 is 0. The smallest absolute Gasteiger partial charge is 0.402 e.